The number of anilines is 2. The first-order chi connectivity index (χ1) is 11.3. The highest BCUT2D eigenvalue weighted by Crippen LogP contribution is 2.35. The minimum absolute atomic E-state index is 0.00999. The minimum atomic E-state index is -0.500. The number of nitrogens with one attached hydrogen (secondary N) is 1. The number of halogens is 1. The number of carbonyl (C=O) groups excluding carboxylic acids is 1. The van der Waals surface area contributed by atoms with E-state index < -0.39 is 5.41 Å². The lowest BCUT2D eigenvalue weighted by atomic mass is 9.96. The molecule has 1 unspecified atom stereocenters. The van der Waals surface area contributed by atoms with E-state index in [-0.39, 0.29) is 5.91 Å². The highest BCUT2D eigenvalue weighted by atomic mass is 35.5. The highest BCUT2D eigenvalue weighted by molar-refractivity contribution is 7.20. The Bertz CT molecular complexity index is 740. The molecule has 0 bridgehead atoms. The van der Waals surface area contributed by atoms with Crippen LogP contribution in [0.5, 0.6) is 0 Å². The van der Waals surface area contributed by atoms with E-state index in [1.807, 2.05) is 50.9 Å². The van der Waals surface area contributed by atoms with Crippen LogP contribution in [-0.4, -0.2) is 35.8 Å². The van der Waals surface area contributed by atoms with E-state index in [9.17, 15) is 4.79 Å². The van der Waals surface area contributed by atoms with Gasteiger partial charge in [-0.3, -0.25) is 4.79 Å². The Labute approximate surface area is 151 Å². The molecule has 2 aromatic heterocycles. The topological polar surface area (TPSA) is 50.2 Å². The van der Waals surface area contributed by atoms with Crippen LogP contribution >= 0.6 is 22.9 Å². The molecule has 130 valence electrons. The highest BCUT2D eigenvalue weighted by Gasteiger charge is 2.30. The van der Waals surface area contributed by atoms with Crippen molar-refractivity contribution in [2.75, 3.05) is 25.0 Å². The Morgan fingerprint density at radius 3 is 2.75 bits per heavy atom. The number of carbonyl (C=O) groups is 1. The van der Waals surface area contributed by atoms with Gasteiger partial charge in [0.2, 0.25) is 0 Å². The van der Waals surface area contributed by atoms with Gasteiger partial charge < -0.3 is 10.2 Å². The smallest absolute Gasteiger partial charge is 0.254 e. The van der Waals surface area contributed by atoms with Gasteiger partial charge in [-0.1, -0.05) is 32.4 Å². The molecule has 1 atom stereocenters. The SMILES string of the molecule is CN(c1ccc(Cl)s1)c1cc(C2CCNC2)nn1C(=O)C(C)(C)C. The first-order valence-electron chi connectivity index (χ1n) is 8.12. The van der Waals surface area contributed by atoms with Gasteiger partial charge in [0.1, 0.15) is 5.82 Å². The normalized spacial score (nSPS) is 18.1. The zero-order chi connectivity index (χ0) is 17.5. The molecule has 7 heteroatoms. The summed E-state index contributed by atoms with van der Waals surface area (Å²) in [6.45, 7) is 7.66. The van der Waals surface area contributed by atoms with Crippen molar-refractivity contribution in [2.24, 2.45) is 5.41 Å². The summed E-state index contributed by atoms with van der Waals surface area (Å²) < 4.78 is 2.28. The average Bonchev–Trinajstić information content (AvgIpc) is 3.24. The zero-order valence-corrected chi connectivity index (χ0v) is 16.0. The summed E-state index contributed by atoms with van der Waals surface area (Å²) in [4.78, 5) is 14.9. The first kappa shape index (κ1) is 17.5. The largest absolute Gasteiger partial charge is 0.321 e. The van der Waals surface area contributed by atoms with Crippen LogP contribution in [0.25, 0.3) is 0 Å². The third-order valence-electron chi connectivity index (χ3n) is 4.26. The number of hydrogen-bond donors (Lipinski definition) is 1. The molecule has 24 heavy (non-hydrogen) atoms. The second-order valence-electron chi connectivity index (χ2n) is 7.22. The van der Waals surface area contributed by atoms with E-state index in [0.29, 0.717) is 5.92 Å². The van der Waals surface area contributed by atoms with Gasteiger partial charge in [0.15, 0.2) is 0 Å². The molecule has 1 aliphatic rings. The van der Waals surface area contributed by atoms with Gasteiger partial charge in [0, 0.05) is 31.0 Å². The van der Waals surface area contributed by atoms with Crippen molar-refractivity contribution in [3.05, 3.63) is 28.2 Å². The van der Waals surface area contributed by atoms with Crippen molar-refractivity contribution in [1.82, 2.24) is 15.1 Å². The number of hydrogen-bond acceptors (Lipinski definition) is 5. The molecule has 0 amide bonds. The van der Waals surface area contributed by atoms with Gasteiger partial charge in [-0.15, -0.1) is 11.3 Å². The number of thiophene rings is 1. The fraction of sp³-hybridized carbons (Fsp3) is 0.529. The maximum Gasteiger partial charge on any atom is 0.254 e. The molecule has 0 radical (unpaired) electrons. The second kappa shape index (κ2) is 6.50. The van der Waals surface area contributed by atoms with Crippen LogP contribution in [0.2, 0.25) is 4.34 Å². The molecule has 2 aromatic rings. The summed E-state index contributed by atoms with van der Waals surface area (Å²) in [5.41, 5.74) is 0.474. The quantitative estimate of drug-likeness (QED) is 0.887. The molecular weight excluding hydrogens is 344 g/mol. The fourth-order valence-electron chi connectivity index (χ4n) is 2.80. The summed E-state index contributed by atoms with van der Waals surface area (Å²) in [7, 11) is 1.95. The molecule has 5 nitrogen and oxygen atoms in total. The summed E-state index contributed by atoms with van der Waals surface area (Å²) in [6.07, 6.45) is 1.05. The molecule has 3 heterocycles. The van der Waals surface area contributed by atoms with Crippen molar-refractivity contribution >= 4 is 39.7 Å². The Balaban J connectivity index is 2.03. The van der Waals surface area contributed by atoms with E-state index in [4.69, 9.17) is 11.6 Å². The predicted octanol–water partition coefficient (Wildman–Crippen LogP) is 4.13. The Morgan fingerprint density at radius 2 is 2.21 bits per heavy atom. The third kappa shape index (κ3) is 3.36. The molecule has 1 N–H and O–H groups in total. The number of aromatic nitrogens is 2. The van der Waals surface area contributed by atoms with Gasteiger partial charge in [-0.2, -0.15) is 9.78 Å². The zero-order valence-electron chi connectivity index (χ0n) is 14.5. The average molecular weight is 367 g/mol. The Kier molecular flexibility index (Phi) is 4.73. The maximum atomic E-state index is 12.9. The Morgan fingerprint density at radius 1 is 1.46 bits per heavy atom. The molecule has 0 aliphatic carbocycles. The predicted molar refractivity (Wildman–Crippen MR) is 99.9 cm³/mol. The fourth-order valence-corrected chi connectivity index (χ4v) is 3.80. The van der Waals surface area contributed by atoms with Crippen molar-refractivity contribution in [1.29, 1.82) is 0 Å². The number of rotatable bonds is 3. The summed E-state index contributed by atoms with van der Waals surface area (Å²) in [6, 6.07) is 5.86. The number of nitrogens with zero attached hydrogens (tertiary/aromatic N) is 3. The van der Waals surface area contributed by atoms with Crippen LogP contribution in [0, 0.1) is 5.41 Å². The summed E-state index contributed by atoms with van der Waals surface area (Å²) in [5.74, 6) is 1.14. The van der Waals surface area contributed by atoms with Gasteiger partial charge in [-0.05, 0) is 25.1 Å². The molecule has 0 aromatic carbocycles. The lowest BCUT2D eigenvalue weighted by Crippen LogP contribution is -2.30. The monoisotopic (exact) mass is 366 g/mol. The first-order valence-corrected chi connectivity index (χ1v) is 9.31. The Hall–Kier alpha value is -1.37. The van der Waals surface area contributed by atoms with Crippen molar-refractivity contribution < 1.29 is 4.79 Å². The molecule has 3 rings (SSSR count). The second-order valence-corrected chi connectivity index (χ2v) is 8.91. The third-order valence-corrected chi connectivity index (χ3v) is 5.56. The van der Waals surface area contributed by atoms with E-state index in [2.05, 4.69) is 10.4 Å². The molecular formula is C17H23ClN4OS. The molecule has 1 aliphatic heterocycles. The minimum Gasteiger partial charge on any atom is -0.321 e. The van der Waals surface area contributed by atoms with E-state index >= 15 is 0 Å². The van der Waals surface area contributed by atoms with E-state index in [0.717, 1.165) is 40.4 Å². The van der Waals surface area contributed by atoms with Gasteiger partial charge >= 0.3 is 0 Å². The summed E-state index contributed by atoms with van der Waals surface area (Å²) in [5, 5.41) is 9.01. The summed E-state index contributed by atoms with van der Waals surface area (Å²) >= 11 is 7.56. The van der Waals surface area contributed by atoms with Crippen LogP contribution in [0.3, 0.4) is 0 Å². The van der Waals surface area contributed by atoms with Crippen LogP contribution < -0.4 is 10.2 Å². The van der Waals surface area contributed by atoms with E-state index in [1.54, 1.807) is 4.68 Å². The van der Waals surface area contributed by atoms with Crippen LogP contribution in [0.1, 0.15) is 43.6 Å². The van der Waals surface area contributed by atoms with E-state index in [1.165, 1.54) is 11.3 Å². The molecule has 1 fully saturated rings. The van der Waals surface area contributed by atoms with Crippen LogP contribution in [0.4, 0.5) is 10.8 Å². The van der Waals surface area contributed by atoms with Crippen molar-refractivity contribution in [2.45, 2.75) is 33.1 Å². The molecule has 0 spiro atoms. The standard InChI is InChI=1S/C17H23ClN4OS/c1-17(2,3)16(23)22-14(21(4)15-6-5-13(18)24-15)9-12(20-22)11-7-8-19-10-11/h5-6,9,11,19H,7-8,10H2,1-4H3. The molecule has 1 saturated heterocycles. The lowest BCUT2D eigenvalue weighted by Gasteiger charge is -2.22. The van der Waals surface area contributed by atoms with Crippen molar-refractivity contribution in [3.63, 3.8) is 0 Å². The molecule has 0 saturated carbocycles. The van der Waals surface area contributed by atoms with Gasteiger partial charge in [0.25, 0.3) is 5.91 Å². The van der Waals surface area contributed by atoms with Crippen LogP contribution in [0.15, 0.2) is 18.2 Å². The maximum absolute atomic E-state index is 12.9. The van der Waals surface area contributed by atoms with Gasteiger partial charge in [-0.25, -0.2) is 0 Å². The van der Waals surface area contributed by atoms with Gasteiger partial charge in [0.05, 0.1) is 15.0 Å². The lowest BCUT2D eigenvalue weighted by molar-refractivity contribution is 0.0750. The van der Waals surface area contributed by atoms with Crippen molar-refractivity contribution in [3.8, 4) is 0 Å². The van der Waals surface area contributed by atoms with Crippen LogP contribution in [-0.2, 0) is 0 Å².